The van der Waals surface area contributed by atoms with Crippen molar-refractivity contribution in [2.24, 2.45) is 0 Å². The molecule has 0 saturated carbocycles. The van der Waals surface area contributed by atoms with Gasteiger partial charge in [0, 0.05) is 6.42 Å². The zero-order valence-corrected chi connectivity index (χ0v) is 13.5. The standard InChI is InChI=1S/C6H14O2Si.C4H13NSi/c1-5-6(7)8-9(2,3)4;1-5-6(2,3)4/h5H2,1-4H3;5H,1-4H3. The third kappa shape index (κ3) is 20.1. The average molecular weight is 250 g/mol. The van der Waals surface area contributed by atoms with Crippen LogP contribution in [0, 0.1) is 0 Å². The third-order valence-electron chi connectivity index (χ3n) is 1.46. The first-order chi connectivity index (χ1) is 6.52. The van der Waals surface area contributed by atoms with Crippen molar-refractivity contribution in [3.8, 4) is 0 Å². The van der Waals surface area contributed by atoms with E-state index in [1.165, 1.54) is 0 Å². The zero-order valence-electron chi connectivity index (χ0n) is 11.5. The molecule has 0 aromatic rings. The third-order valence-corrected chi connectivity index (χ3v) is 3.80. The summed E-state index contributed by atoms with van der Waals surface area (Å²) >= 11 is 0. The van der Waals surface area contributed by atoms with Gasteiger partial charge < -0.3 is 9.41 Å². The Bertz CT molecular complexity index is 183. The molecule has 0 aliphatic carbocycles. The number of rotatable bonds is 3. The van der Waals surface area contributed by atoms with Crippen LogP contribution < -0.4 is 4.98 Å². The molecule has 0 aromatic carbocycles. The van der Waals surface area contributed by atoms with Crippen LogP contribution in [0.5, 0.6) is 0 Å². The van der Waals surface area contributed by atoms with Gasteiger partial charge in [-0.15, -0.1) is 0 Å². The minimum atomic E-state index is -1.59. The molecule has 0 radical (unpaired) electrons. The second-order valence-electron chi connectivity index (χ2n) is 5.44. The van der Waals surface area contributed by atoms with E-state index in [0.717, 1.165) is 0 Å². The van der Waals surface area contributed by atoms with Gasteiger partial charge in [0.1, 0.15) is 8.24 Å². The Balaban J connectivity index is 0. The van der Waals surface area contributed by atoms with Crippen LogP contribution in [-0.2, 0) is 9.22 Å². The molecule has 0 unspecified atom stereocenters. The van der Waals surface area contributed by atoms with Crippen molar-refractivity contribution in [1.29, 1.82) is 0 Å². The van der Waals surface area contributed by atoms with Crippen molar-refractivity contribution in [1.82, 2.24) is 4.98 Å². The Hall–Kier alpha value is -0.136. The van der Waals surface area contributed by atoms with Gasteiger partial charge in [-0.3, -0.25) is 4.79 Å². The molecule has 0 rings (SSSR count). The van der Waals surface area contributed by atoms with Crippen molar-refractivity contribution >= 4 is 22.5 Å². The molecule has 0 atom stereocenters. The van der Waals surface area contributed by atoms with E-state index >= 15 is 0 Å². The molecule has 0 bridgehead atoms. The second kappa shape index (κ2) is 7.19. The van der Waals surface area contributed by atoms with Gasteiger partial charge in [0.25, 0.3) is 5.97 Å². The maximum Gasteiger partial charge on any atom is 0.292 e. The zero-order chi connectivity index (χ0) is 12.7. The molecule has 0 aliphatic heterocycles. The number of hydrogen-bond acceptors (Lipinski definition) is 3. The fourth-order valence-corrected chi connectivity index (χ4v) is 1.24. The SMILES string of the molecule is CCC(=O)O[Si](C)(C)C.CN[Si](C)(C)C. The van der Waals surface area contributed by atoms with Crippen LogP contribution in [0.2, 0.25) is 39.3 Å². The number of nitrogens with one attached hydrogen (secondary N) is 1. The van der Waals surface area contributed by atoms with Gasteiger partial charge in [-0.05, 0) is 26.7 Å². The molecule has 15 heavy (non-hydrogen) atoms. The molecule has 0 saturated heterocycles. The lowest BCUT2D eigenvalue weighted by molar-refractivity contribution is -0.134. The summed E-state index contributed by atoms with van der Waals surface area (Å²) in [5.41, 5.74) is 0. The molecule has 0 fully saturated rings. The smallest absolute Gasteiger partial charge is 0.292 e. The summed E-state index contributed by atoms with van der Waals surface area (Å²) < 4.78 is 5.09. The summed E-state index contributed by atoms with van der Waals surface area (Å²) in [5.74, 6) is -0.0748. The Morgan fingerprint density at radius 1 is 1.13 bits per heavy atom. The van der Waals surface area contributed by atoms with Crippen molar-refractivity contribution in [3.63, 3.8) is 0 Å². The van der Waals surface area contributed by atoms with Gasteiger partial charge in [0.15, 0.2) is 0 Å². The van der Waals surface area contributed by atoms with E-state index in [4.69, 9.17) is 4.43 Å². The fraction of sp³-hybridized carbons (Fsp3) is 0.900. The van der Waals surface area contributed by atoms with Gasteiger partial charge in [-0.2, -0.15) is 0 Å². The number of hydrogen-bond donors (Lipinski definition) is 1. The Kier molecular flexibility index (Phi) is 8.27. The Labute approximate surface area is 96.8 Å². The summed E-state index contributed by atoms with van der Waals surface area (Å²) in [4.78, 5) is 13.9. The second-order valence-corrected chi connectivity index (χ2v) is 14.9. The topological polar surface area (TPSA) is 38.3 Å². The molecule has 0 heterocycles. The van der Waals surface area contributed by atoms with Crippen LogP contribution in [0.4, 0.5) is 0 Å². The van der Waals surface area contributed by atoms with E-state index in [1.54, 1.807) is 0 Å². The van der Waals surface area contributed by atoms with Gasteiger partial charge in [0.05, 0.1) is 0 Å². The first kappa shape index (κ1) is 17.3. The predicted octanol–water partition coefficient (Wildman–Crippen LogP) is 2.82. The summed E-state index contributed by atoms with van der Waals surface area (Å²) in [6.45, 7) is 14.6. The normalized spacial score (nSPS) is 11.5. The predicted molar refractivity (Wildman–Crippen MR) is 72.1 cm³/mol. The van der Waals surface area contributed by atoms with Crippen LogP contribution in [0.1, 0.15) is 13.3 Å². The highest BCUT2D eigenvalue weighted by Crippen LogP contribution is 2.03. The summed E-state index contributed by atoms with van der Waals surface area (Å²) in [5, 5.41) is 0. The summed E-state index contributed by atoms with van der Waals surface area (Å²) in [7, 11) is -0.452. The highest BCUT2D eigenvalue weighted by molar-refractivity contribution is 6.73. The van der Waals surface area contributed by atoms with Crippen molar-refractivity contribution in [2.75, 3.05) is 7.05 Å². The van der Waals surface area contributed by atoms with E-state index in [9.17, 15) is 4.79 Å². The Morgan fingerprint density at radius 2 is 1.47 bits per heavy atom. The molecule has 0 aromatic heterocycles. The molecular formula is C10H27NO2Si2. The van der Waals surface area contributed by atoms with Crippen molar-refractivity contribution < 1.29 is 9.22 Å². The quantitative estimate of drug-likeness (QED) is 0.782. The van der Waals surface area contributed by atoms with Crippen LogP contribution in [0.25, 0.3) is 0 Å². The minimum absolute atomic E-state index is 0.0748. The van der Waals surface area contributed by atoms with E-state index in [2.05, 4.69) is 24.6 Å². The number of carbonyl (C=O) groups excluding carboxylic acids is 1. The van der Waals surface area contributed by atoms with Crippen LogP contribution in [0.3, 0.4) is 0 Å². The van der Waals surface area contributed by atoms with E-state index in [1.807, 2.05) is 33.6 Å². The Morgan fingerprint density at radius 3 is 1.53 bits per heavy atom. The molecule has 92 valence electrons. The summed E-state index contributed by atoms with van der Waals surface area (Å²) in [6.07, 6.45) is 0.490. The molecule has 0 spiro atoms. The molecule has 3 nitrogen and oxygen atoms in total. The van der Waals surface area contributed by atoms with Crippen molar-refractivity contribution in [3.05, 3.63) is 0 Å². The molecular weight excluding hydrogens is 222 g/mol. The average Bonchev–Trinajstić information content (AvgIpc) is 2.01. The highest BCUT2D eigenvalue weighted by atomic mass is 28.4. The van der Waals surface area contributed by atoms with Gasteiger partial charge >= 0.3 is 0 Å². The first-order valence-electron chi connectivity index (χ1n) is 5.42. The van der Waals surface area contributed by atoms with Gasteiger partial charge in [-0.25, -0.2) is 0 Å². The largest absolute Gasteiger partial charge is 0.520 e. The van der Waals surface area contributed by atoms with Gasteiger partial charge in [-0.1, -0.05) is 26.6 Å². The molecule has 0 aliphatic rings. The van der Waals surface area contributed by atoms with E-state index < -0.39 is 16.6 Å². The lowest BCUT2D eigenvalue weighted by Gasteiger charge is -2.15. The lowest BCUT2D eigenvalue weighted by atomic mass is 10.5. The monoisotopic (exact) mass is 249 g/mol. The van der Waals surface area contributed by atoms with Crippen LogP contribution in [0.15, 0.2) is 0 Å². The molecule has 1 N–H and O–H groups in total. The van der Waals surface area contributed by atoms with E-state index in [-0.39, 0.29) is 5.97 Å². The fourth-order valence-electron chi connectivity index (χ4n) is 0.414. The molecule has 0 amide bonds. The van der Waals surface area contributed by atoms with Gasteiger partial charge in [0.2, 0.25) is 8.32 Å². The molecule has 5 heteroatoms. The maximum absolute atomic E-state index is 10.6. The van der Waals surface area contributed by atoms with Crippen molar-refractivity contribution in [2.45, 2.75) is 52.6 Å². The lowest BCUT2D eigenvalue weighted by Crippen LogP contribution is -2.37. The highest BCUT2D eigenvalue weighted by Gasteiger charge is 2.18. The van der Waals surface area contributed by atoms with Crippen LogP contribution >= 0.6 is 0 Å². The number of carbonyl (C=O) groups is 1. The minimum Gasteiger partial charge on any atom is -0.520 e. The summed E-state index contributed by atoms with van der Waals surface area (Å²) in [6, 6.07) is 0. The first-order valence-corrected chi connectivity index (χ1v) is 12.3. The van der Waals surface area contributed by atoms with Crippen LogP contribution in [-0.4, -0.2) is 29.6 Å². The maximum atomic E-state index is 10.6. The van der Waals surface area contributed by atoms with E-state index in [0.29, 0.717) is 6.42 Å².